The lowest BCUT2D eigenvalue weighted by Crippen LogP contribution is -2.34. The predicted octanol–water partition coefficient (Wildman–Crippen LogP) is 0.0276. The van der Waals surface area contributed by atoms with Crippen LogP contribution in [0.25, 0.3) is 0 Å². The molecule has 5 heteroatoms. The lowest BCUT2D eigenvalue weighted by Gasteiger charge is -2.07. The Morgan fingerprint density at radius 3 is 2.79 bits per heavy atom. The van der Waals surface area contributed by atoms with E-state index in [0.717, 1.165) is 18.8 Å². The molecule has 0 bridgehead atoms. The number of nitrogens with zero attached hydrogens (tertiary/aromatic N) is 2. The quantitative estimate of drug-likeness (QED) is 0.358. The number of anilines is 1. The first-order chi connectivity index (χ1) is 6.83. The van der Waals surface area contributed by atoms with Crippen LogP contribution in [0.15, 0.2) is 29.5 Å². The Morgan fingerprint density at radius 2 is 2.14 bits per heavy atom. The standard InChI is InChI=1S/C9H15N5/c1-11-9(10)14-7-6-13-8-2-4-12-5-3-8/h2-5H,6-7H2,1H3,(H,12,13)(H3,10,11,14). The van der Waals surface area contributed by atoms with Gasteiger partial charge in [-0.3, -0.25) is 9.98 Å². The Labute approximate surface area is 83.4 Å². The summed E-state index contributed by atoms with van der Waals surface area (Å²) < 4.78 is 0. The van der Waals surface area contributed by atoms with E-state index in [1.165, 1.54) is 0 Å². The van der Waals surface area contributed by atoms with Gasteiger partial charge in [-0.05, 0) is 12.1 Å². The van der Waals surface area contributed by atoms with Gasteiger partial charge in [0.15, 0.2) is 5.96 Å². The zero-order valence-corrected chi connectivity index (χ0v) is 8.20. The molecular weight excluding hydrogens is 178 g/mol. The van der Waals surface area contributed by atoms with Crippen molar-refractivity contribution in [2.24, 2.45) is 10.7 Å². The van der Waals surface area contributed by atoms with Gasteiger partial charge >= 0.3 is 0 Å². The Hall–Kier alpha value is -1.78. The van der Waals surface area contributed by atoms with E-state index in [1.807, 2.05) is 12.1 Å². The van der Waals surface area contributed by atoms with E-state index in [4.69, 9.17) is 5.73 Å². The van der Waals surface area contributed by atoms with E-state index in [9.17, 15) is 0 Å². The first kappa shape index (κ1) is 10.3. The lowest BCUT2D eigenvalue weighted by atomic mass is 10.4. The topological polar surface area (TPSA) is 75.3 Å². The highest BCUT2D eigenvalue weighted by Crippen LogP contribution is 2.01. The predicted molar refractivity (Wildman–Crippen MR) is 58.3 cm³/mol. The van der Waals surface area contributed by atoms with Crippen LogP contribution in [-0.4, -0.2) is 31.1 Å². The van der Waals surface area contributed by atoms with Crippen LogP contribution in [0.2, 0.25) is 0 Å². The summed E-state index contributed by atoms with van der Waals surface area (Å²) in [6.07, 6.45) is 3.50. The molecule has 0 aliphatic rings. The largest absolute Gasteiger partial charge is 0.383 e. The summed E-state index contributed by atoms with van der Waals surface area (Å²) in [6, 6.07) is 3.83. The summed E-state index contributed by atoms with van der Waals surface area (Å²) in [5, 5.41) is 6.16. The zero-order chi connectivity index (χ0) is 10.2. The summed E-state index contributed by atoms with van der Waals surface area (Å²) in [7, 11) is 1.65. The lowest BCUT2D eigenvalue weighted by molar-refractivity contribution is 0.895. The zero-order valence-electron chi connectivity index (χ0n) is 8.20. The Bertz CT molecular complexity index is 283. The fourth-order valence-corrected chi connectivity index (χ4v) is 0.946. The minimum absolute atomic E-state index is 0.460. The van der Waals surface area contributed by atoms with Crippen LogP contribution in [0, 0.1) is 0 Å². The molecule has 0 aliphatic heterocycles. The number of aromatic nitrogens is 1. The highest BCUT2D eigenvalue weighted by atomic mass is 15.1. The molecule has 0 amide bonds. The van der Waals surface area contributed by atoms with Crippen molar-refractivity contribution < 1.29 is 0 Å². The SMILES string of the molecule is CN=C(N)NCCNc1ccncc1. The van der Waals surface area contributed by atoms with Crippen molar-refractivity contribution in [1.82, 2.24) is 10.3 Å². The third-order valence-corrected chi connectivity index (χ3v) is 1.68. The summed E-state index contributed by atoms with van der Waals surface area (Å²) in [6.45, 7) is 1.53. The second kappa shape index (κ2) is 5.80. The van der Waals surface area contributed by atoms with Gasteiger partial charge in [-0.15, -0.1) is 0 Å². The van der Waals surface area contributed by atoms with Crippen LogP contribution >= 0.6 is 0 Å². The van der Waals surface area contributed by atoms with E-state index in [2.05, 4.69) is 20.6 Å². The smallest absolute Gasteiger partial charge is 0.188 e. The number of nitrogens with two attached hydrogens (primary N) is 1. The molecule has 0 radical (unpaired) electrons. The number of hydrogen-bond donors (Lipinski definition) is 3. The molecule has 0 atom stereocenters. The third kappa shape index (κ3) is 3.75. The van der Waals surface area contributed by atoms with Crippen molar-refractivity contribution >= 4 is 11.6 Å². The van der Waals surface area contributed by atoms with Crippen molar-refractivity contribution in [1.29, 1.82) is 0 Å². The molecular formula is C9H15N5. The fraction of sp³-hybridized carbons (Fsp3) is 0.333. The molecule has 0 fully saturated rings. The maximum absolute atomic E-state index is 5.45. The second-order valence-electron chi connectivity index (χ2n) is 2.70. The molecule has 5 nitrogen and oxygen atoms in total. The number of hydrogen-bond acceptors (Lipinski definition) is 3. The molecule has 0 saturated heterocycles. The van der Waals surface area contributed by atoms with Crippen LogP contribution in [-0.2, 0) is 0 Å². The van der Waals surface area contributed by atoms with Crippen LogP contribution in [0.3, 0.4) is 0 Å². The van der Waals surface area contributed by atoms with Crippen LogP contribution in [0.1, 0.15) is 0 Å². The fourth-order valence-electron chi connectivity index (χ4n) is 0.946. The van der Waals surface area contributed by atoms with Gasteiger partial charge in [0.25, 0.3) is 0 Å². The van der Waals surface area contributed by atoms with E-state index in [-0.39, 0.29) is 0 Å². The molecule has 1 aromatic rings. The molecule has 0 spiro atoms. The second-order valence-corrected chi connectivity index (χ2v) is 2.70. The van der Waals surface area contributed by atoms with Crippen molar-refractivity contribution in [3.8, 4) is 0 Å². The molecule has 0 unspecified atom stereocenters. The Morgan fingerprint density at radius 1 is 1.43 bits per heavy atom. The molecule has 0 saturated carbocycles. The van der Waals surface area contributed by atoms with Crippen LogP contribution in [0.4, 0.5) is 5.69 Å². The number of rotatable bonds is 4. The first-order valence-corrected chi connectivity index (χ1v) is 4.43. The van der Waals surface area contributed by atoms with E-state index in [0.29, 0.717) is 5.96 Å². The number of nitrogens with one attached hydrogen (secondary N) is 2. The van der Waals surface area contributed by atoms with Crippen LogP contribution < -0.4 is 16.4 Å². The maximum atomic E-state index is 5.45. The highest BCUT2D eigenvalue weighted by Gasteiger charge is 1.90. The Kier molecular flexibility index (Phi) is 4.26. The average molecular weight is 193 g/mol. The van der Waals surface area contributed by atoms with Gasteiger partial charge in [0, 0.05) is 38.2 Å². The average Bonchev–Trinajstić information content (AvgIpc) is 2.25. The van der Waals surface area contributed by atoms with Crippen LogP contribution in [0.5, 0.6) is 0 Å². The summed E-state index contributed by atoms with van der Waals surface area (Å²) in [4.78, 5) is 7.70. The normalized spacial score (nSPS) is 11.1. The first-order valence-electron chi connectivity index (χ1n) is 4.43. The Balaban J connectivity index is 2.17. The maximum Gasteiger partial charge on any atom is 0.188 e. The van der Waals surface area contributed by atoms with Crippen molar-refractivity contribution in [3.63, 3.8) is 0 Å². The minimum Gasteiger partial charge on any atom is -0.383 e. The van der Waals surface area contributed by atoms with Gasteiger partial charge in [0.05, 0.1) is 0 Å². The molecule has 1 rings (SSSR count). The number of aliphatic imine (C=N–C) groups is 1. The molecule has 1 aromatic heterocycles. The van der Waals surface area contributed by atoms with Gasteiger partial charge < -0.3 is 16.4 Å². The third-order valence-electron chi connectivity index (χ3n) is 1.68. The molecule has 14 heavy (non-hydrogen) atoms. The van der Waals surface area contributed by atoms with Crippen molar-refractivity contribution in [2.45, 2.75) is 0 Å². The molecule has 76 valence electrons. The minimum atomic E-state index is 0.460. The highest BCUT2D eigenvalue weighted by molar-refractivity contribution is 5.77. The molecule has 0 aliphatic carbocycles. The summed E-state index contributed by atoms with van der Waals surface area (Å²) in [5.41, 5.74) is 6.50. The summed E-state index contributed by atoms with van der Waals surface area (Å²) in [5.74, 6) is 0.460. The van der Waals surface area contributed by atoms with Gasteiger partial charge in [-0.1, -0.05) is 0 Å². The van der Waals surface area contributed by atoms with Crippen molar-refractivity contribution in [3.05, 3.63) is 24.5 Å². The van der Waals surface area contributed by atoms with Gasteiger partial charge in [0.2, 0.25) is 0 Å². The van der Waals surface area contributed by atoms with E-state index >= 15 is 0 Å². The monoisotopic (exact) mass is 193 g/mol. The van der Waals surface area contributed by atoms with Crippen molar-refractivity contribution in [2.75, 3.05) is 25.5 Å². The summed E-state index contributed by atoms with van der Waals surface area (Å²) >= 11 is 0. The van der Waals surface area contributed by atoms with Gasteiger partial charge in [-0.2, -0.15) is 0 Å². The molecule has 4 N–H and O–H groups in total. The van der Waals surface area contributed by atoms with E-state index < -0.39 is 0 Å². The van der Waals surface area contributed by atoms with Gasteiger partial charge in [-0.25, -0.2) is 0 Å². The molecule has 1 heterocycles. The number of pyridine rings is 1. The molecule has 0 aromatic carbocycles. The van der Waals surface area contributed by atoms with Gasteiger partial charge in [0.1, 0.15) is 0 Å². The van der Waals surface area contributed by atoms with E-state index in [1.54, 1.807) is 19.4 Å². The number of guanidine groups is 1.